The van der Waals surface area contributed by atoms with E-state index in [0.717, 1.165) is 28.9 Å². The summed E-state index contributed by atoms with van der Waals surface area (Å²) in [6, 6.07) is 17.1. The monoisotopic (exact) mass is 392 g/mol. The van der Waals surface area contributed by atoms with Crippen LogP contribution < -0.4 is 5.73 Å². The molecular weight excluding hydrogens is 363 g/mol. The number of nitrogens with two attached hydrogens (primary N) is 1. The quantitative estimate of drug-likeness (QED) is 0.468. The third-order valence-electron chi connectivity index (χ3n) is 5.46. The van der Waals surface area contributed by atoms with Crippen molar-refractivity contribution in [3.8, 4) is 11.3 Å². The first-order chi connectivity index (χ1) is 14.0. The summed E-state index contributed by atoms with van der Waals surface area (Å²) in [7, 11) is 0. The molecule has 0 bridgehead atoms. The topological polar surface area (TPSA) is 48.0 Å². The third-order valence-corrected chi connectivity index (χ3v) is 5.46. The van der Waals surface area contributed by atoms with Crippen molar-refractivity contribution in [2.45, 2.75) is 52.5 Å². The lowest BCUT2D eigenvalue weighted by atomic mass is 10.0. The minimum Gasteiger partial charge on any atom is -0.366 e. The minimum atomic E-state index is -0.426. The second-order valence-electron chi connectivity index (χ2n) is 7.58. The Morgan fingerprint density at radius 1 is 1.00 bits per heavy atom. The molecule has 0 saturated carbocycles. The van der Waals surface area contributed by atoms with Crippen LogP contribution in [0, 0.1) is 12.7 Å². The number of aromatic nitrogens is 1. The van der Waals surface area contributed by atoms with Gasteiger partial charge in [-0.1, -0.05) is 56.2 Å². The van der Waals surface area contributed by atoms with Gasteiger partial charge < -0.3 is 10.3 Å². The molecule has 3 aromatic rings. The first-order valence-electron chi connectivity index (χ1n) is 10.3. The normalized spacial score (nSPS) is 11.0. The fourth-order valence-corrected chi connectivity index (χ4v) is 3.78. The van der Waals surface area contributed by atoms with Crippen molar-refractivity contribution in [3.05, 3.63) is 82.8 Å². The van der Waals surface area contributed by atoms with Crippen LogP contribution in [-0.2, 0) is 19.4 Å². The molecule has 3 rings (SSSR count). The lowest BCUT2D eigenvalue weighted by molar-refractivity contribution is 0.0999. The summed E-state index contributed by atoms with van der Waals surface area (Å²) in [6.07, 6.45) is 5.41. The number of primary amides is 1. The van der Waals surface area contributed by atoms with Crippen LogP contribution >= 0.6 is 0 Å². The van der Waals surface area contributed by atoms with Crippen molar-refractivity contribution < 1.29 is 9.18 Å². The van der Waals surface area contributed by atoms with Crippen LogP contribution in [0.4, 0.5) is 4.39 Å². The molecule has 0 saturated heterocycles. The Morgan fingerprint density at radius 2 is 1.76 bits per heavy atom. The highest BCUT2D eigenvalue weighted by atomic mass is 19.1. The molecule has 0 atom stereocenters. The van der Waals surface area contributed by atoms with Gasteiger partial charge in [0.15, 0.2) is 0 Å². The van der Waals surface area contributed by atoms with Gasteiger partial charge in [0.1, 0.15) is 5.82 Å². The van der Waals surface area contributed by atoms with Gasteiger partial charge in [0.25, 0.3) is 5.91 Å². The van der Waals surface area contributed by atoms with Crippen molar-refractivity contribution in [1.82, 2.24) is 4.57 Å². The molecule has 0 aliphatic rings. The molecule has 1 aromatic heterocycles. The fraction of sp³-hybridized carbons (Fsp3) is 0.320. The molecule has 4 heteroatoms. The number of amides is 1. The zero-order chi connectivity index (χ0) is 20.8. The van der Waals surface area contributed by atoms with E-state index in [9.17, 15) is 9.18 Å². The van der Waals surface area contributed by atoms with E-state index in [1.54, 1.807) is 12.1 Å². The largest absolute Gasteiger partial charge is 0.366 e. The van der Waals surface area contributed by atoms with Crippen molar-refractivity contribution in [2.75, 3.05) is 0 Å². The van der Waals surface area contributed by atoms with Crippen LogP contribution in [0.25, 0.3) is 11.3 Å². The Morgan fingerprint density at radius 3 is 2.41 bits per heavy atom. The summed E-state index contributed by atoms with van der Waals surface area (Å²) in [6.45, 7) is 4.77. The summed E-state index contributed by atoms with van der Waals surface area (Å²) >= 11 is 0. The summed E-state index contributed by atoms with van der Waals surface area (Å²) in [5.74, 6) is -0.659. The van der Waals surface area contributed by atoms with E-state index in [2.05, 4.69) is 35.8 Å². The number of carbonyl (C=O) groups is 1. The van der Waals surface area contributed by atoms with Gasteiger partial charge in [-0.15, -0.1) is 0 Å². The van der Waals surface area contributed by atoms with Gasteiger partial charge in [-0.05, 0) is 61.1 Å². The second-order valence-corrected chi connectivity index (χ2v) is 7.58. The molecule has 1 amide bonds. The average molecular weight is 393 g/mol. The molecule has 0 aliphatic heterocycles. The van der Waals surface area contributed by atoms with Crippen LogP contribution in [0.2, 0.25) is 0 Å². The van der Waals surface area contributed by atoms with Gasteiger partial charge >= 0.3 is 0 Å². The number of rotatable bonds is 9. The smallest absolute Gasteiger partial charge is 0.250 e. The molecular formula is C25H29FN2O. The minimum absolute atomic E-state index is 0.233. The Kier molecular flexibility index (Phi) is 6.86. The van der Waals surface area contributed by atoms with Crippen LogP contribution in [0.1, 0.15) is 53.4 Å². The molecule has 1 heterocycles. The summed E-state index contributed by atoms with van der Waals surface area (Å²) < 4.78 is 15.6. The molecule has 0 fully saturated rings. The lowest BCUT2D eigenvalue weighted by Gasteiger charge is -2.13. The SMILES string of the molecule is CCCCCc1ccc(-c2cc(C(N)=O)c(C)n2CCc2cccc(F)c2)cc1. The lowest BCUT2D eigenvalue weighted by Crippen LogP contribution is -2.13. The van der Waals surface area contributed by atoms with Gasteiger partial charge in [0.05, 0.1) is 5.56 Å². The van der Waals surface area contributed by atoms with E-state index in [-0.39, 0.29) is 5.82 Å². The van der Waals surface area contributed by atoms with Crippen LogP contribution in [0.3, 0.4) is 0 Å². The van der Waals surface area contributed by atoms with Gasteiger partial charge in [0.2, 0.25) is 0 Å². The highest BCUT2D eigenvalue weighted by Gasteiger charge is 2.16. The van der Waals surface area contributed by atoms with Gasteiger partial charge in [-0.25, -0.2) is 4.39 Å². The molecule has 0 aliphatic carbocycles. The van der Waals surface area contributed by atoms with Crippen molar-refractivity contribution in [1.29, 1.82) is 0 Å². The highest BCUT2D eigenvalue weighted by Crippen LogP contribution is 2.27. The number of hydrogen-bond acceptors (Lipinski definition) is 1. The van der Waals surface area contributed by atoms with E-state index < -0.39 is 5.91 Å². The van der Waals surface area contributed by atoms with Gasteiger partial charge in [-0.2, -0.15) is 0 Å². The van der Waals surface area contributed by atoms with E-state index >= 15 is 0 Å². The van der Waals surface area contributed by atoms with E-state index in [1.807, 2.05) is 19.1 Å². The molecule has 29 heavy (non-hydrogen) atoms. The zero-order valence-electron chi connectivity index (χ0n) is 17.2. The van der Waals surface area contributed by atoms with Crippen molar-refractivity contribution in [3.63, 3.8) is 0 Å². The third kappa shape index (κ3) is 5.14. The van der Waals surface area contributed by atoms with Crippen LogP contribution in [0.5, 0.6) is 0 Å². The predicted molar refractivity (Wildman–Crippen MR) is 116 cm³/mol. The maximum Gasteiger partial charge on any atom is 0.250 e. The molecule has 2 aromatic carbocycles. The summed E-state index contributed by atoms with van der Waals surface area (Å²) in [4.78, 5) is 11.9. The van der Waals surface area contributed by atoms with Crippen molar-refractivity contribution >= 4 is 5.91 Å². The average Bonchev–Trinajstić information content (AvgIpc) is 3.04. The number of hydrogen-bond donors (Lipinski definition) is 1. The Hall–Kier alpha value is -2.88. The summed E-state index contributed by atoms with van der Waals surface area (Å²) in [5.41, 5.74) is 11.2. The van der Waals surface area contributed by atoms with E-state index in [1.165, 1.54) is 30.9 Å². The summed E-state index contributed by atoms with van der Waals surface area (Å²) in [5, 5.41) is 0. The molecule has 152 valence electrons. The van der Waals surface area contributed by atoms with Crippen LogP contribution in [-0.4, -0.2) is 10.5 Å². The number of carbonyl (C=O) groups excluding carboxylic acids is 1. The first kappa shape index (κ1) is 20.8. The Bertz CT molecular complexity index is 973. The Labute approximate surface area is 172 Å². The molecule has 0 spiro atoms. The number of unbranched alkanes of at least 4 members (excludes halogenated alkanes) is 2. The van der Waals surface area contributed by atoms with Crippen LogP contribution in [0.15, 0.2) is 54.6 Å². The van der Waals surface area contributed by atoms with E-state index in [0.29, 0.717) is 18.5 Å². The molecule has 0 unspecified atom stereocenters. The second kappa shape index (κ2) is 9.55. The van der Waals surface area contributed by atoms with E-state index in [4.69, 9.17) is 5.73 Å². The fourth-order valence-electron chi connectivity index (χ4n) is 3.78. The highest BCUT2D eigenvalue weighted by molar-refractivity contribution is 5.95. The predicted octanol–water partition coefficient (Wildman–Crippen LogP) is 5.68. The Balaban J connectivity index is 1.87. The molecule has 0 radical (unpaired) electrons. The zero-order valence-corrected chi connectivity index (χ0v) is 17.2. The first-order valence-corrected chi connectivity index (χ1v) is 10.3. The number of halogens is 1. The van der Waals surface area contributed by atoms with Gasteiger partial charge in [-0.3, -0.25) is 4.79 Å². The van der Waals surface area contributed by atoms with Crippen molar-refractivity contribution in [2.24, 2.45) is 5.73 Å². The number of benzene rings is 2. The van der Waals surface area contributed by atoms with Gasteiger partial charge in [0, 0.05) is 17.9 Å². The number of nitrogens with zero attached hydrogens (tertiary/aromatic N) is 1. The maximum absolute atomic E-state index is 13.5. The number of aryl methyl sites for hydroxylation is 2. The maximum atomic E-state index is 13.5. The molecule has 2 N–H and O–H groups in total. The molecule has 3 nitrogen and oxygen atoms in total. The standard InChI is InChI=1S/C25H29FN2O/c1-3-4-5-7-19-10-12-21(13-11-19)24-17-23(25(27)29)18(2)28(24)15-14-20-8-6-9-22(26)16-20/h6,8-13,16-17H,3-5,7,14-15H2,1-2H3,(H2,27,29).